The van der Waals surface area contributed by atoms with E-state index in [0.717, 1.165) is 0 Å². The van der Waals surface area contributed by atoms with Crippen LogP contribution in [0.2, 0.25) is 0 Å². The third-order valence-corrected chi connectivity index (χ3v) is 2.18. The lowest BCUT2D eigenvalue weighted by Gasteiger charge is -2.06. The van der Waals surface area contributed by atoms with Gasteiger partial charge in [-0.1, -0.05) is 0 Å². The van der Waals surface area contributed by atoms with Crippen molar-refractivity contribution in [2.75, 3.05) is 13.8 Å². The van der Waals surface area contributed by atoms with Crippen molar-refractivity contribution in [1.29, 1.82) is 0 Å². The molecule has 1 rings (SSSR count). The van der Waals surface area contributed by atoms with Gasteiger partial charge in [0, 0.05) is 0 Å². The maximum absolute atomic E-state index is 11.8. The molecule has 0 aromatic carbocycles. The molecule has 0 bridgehead atoms. The van der Waals surface area contributed by atoms with Crippen molar-refractivity contribution in [3.8, 4) is 0 Å². The Morgan fingerprint density at radius 1 is 1.91 bits per heavy atom. The van der Waals surface area contributed by atoms with Gasteiger partial charge in [-0.05, 0) is 18.8 Å². The fourth-order valence-electron chi connectivity index (χ4n) is 1.28. The zero-order valence-corrected chi connectivity index (χ0v) is 6.47. The number of hydrogen-bond acceptors (Lipinski definition) is 3. The second kappa shape index (κ2) is 2.77. The van der Waals surface area contributed by atoms with E-state index in [1.165, 1.54) is 7.11 Å². The summed E-state index contributed by atoms with van der Waals surface area (Å²) < 4.78 is 16.3. The molecule has 2 atom stereocenters. The third kappa shape index (κ3) is 1.35. The number of halogens is 1. The third-order valence-electron chi connectivity index (χ3n) is 2.18. The zero-order valence-electron chi connectivity index (χ0n) is 6.47. The highest BCUT2D eigenvalue weighted by Crippen LogP contribution is 2.44. The standard InChI is InChI=1S/C7H12FNO2/c1-11-6(10)7(9)4-5(7)2-3-8/h5H,2-4,9H2,1H3/t5-,7-/m1/s1. The second-order valence-electron chi connectivity index (χ2n) is 2.91. The van der Waals surface area contributed by atoms with Gasteiger partial charge in [0.25, 0.3) is 0 Å². The lowest BCUT2D eigenvalue weighted by atomic mass is 10.2. The first-order valence-electron chi connectivity index (χ1n) is 3.58. The molecule has 64 valence electrons. The first-order valence-corrected chi connectivity index (χ1v) is 3.58. The number of methoxy groups -OCH3 is 1. The van der Waals surface area contributed by atoms with Gasteiger partial charge in [0.15, 0.2) is 0 Å². The smallest absolute Gasteiger partial charge is 0.326 e. The fourth-order valence-corrected chi connectivity index (χ4v) is 1.28. The van der Waals surface area contributed by atoms with Crippen LogP contribution in [0.3, 0.4) is 0 Å². The van der Waals surface area contributed by atoms with Crippen LogP contribution >= 0.6 is 0 Å². The van der Waals surface area contributed by atoms with Crippen molar-refractivity contribution in [1.82, 2.24) is 0 Å². The van der Waals surface area contributed by atoms with Crippen molar-refractivity contribution in [2.45, 2.75) is 18.4 Å². The molecule has 1 aliphatic carbocycles. The highest BCUT2D eigenvalue weighted by molar-refractivity contribution is 5.84. The number of alkyl halides is 1. The summed E-state index contributed by atoms with van der Waals surface area (Å²) in [5, 5.41) is 0. The molecule has 11 heavy (non-hydrogen) atoms. The van der Waals surface area contributed by atoms with Gasteiger partial charge < -0.3 is 10.5 Å². The fraction of sp³-hybridized carbons (Fsp3) is 0.857. The minimum atomic E-state index is -0.874. The van der Waals surface area contributed by atoms with Crippen LogP contribution in [0.1, 0.15) is 12.8 Å². The number of esters is 1. The van der Waals surface area contributed by atoms with Crippen LogP contribution in [-0.4, -0.2) is 25.3 Å². The van der Waals surface area contributed by atoms with Gasteiger partial charge in [0.05, 0.1) is 13.8 Å². The first kappa shape index (κ1) is 8.46. The lowest BCUT2D eigenvalue weighted by Crippen LogP contribution is -2.36. The second-order valence-corrected chi connectivity index (χ2v) is 2.91. The summed E-state index contributed by atoms with van der Waals surface area (Å²) in [7, 11) is 1.29. The zero-order chi connectivity index (χ0) is 8.48. The number of rotatable bonds is 3. The molecule has 0 heterocycles. The first-order chi connectivity index (χ1) is 5.15. The summed E-state index contributed by atoms with van der Waals surface area (Å²) in [5.41, 5.74) is 4.72. The van der Waals surface area contributed by atoms with Crippen molar-refractivity contribution in [2.24, 2.45) is 11.7 Å². The quantitative estimate of drug-likeness (QED) is 0.603. The van der Waals surface area contributed by atoms with Crippen LogP contribution in [-0.2, 0) is 9.53 Å². The average Bonchev–Trinajstić information content (AvgIpc) is 2.63. The van der Waals surface area contributed by atoms with E-state index in [2.05, 4.69) is 4.74 Å². The molecule has 1 saturated carbocycles. The Bertz CT molecular complexity index is 174. The van der Waals surface area contributed by atoms with Gasteiger partial charge in [0.2, 0.25) is 0 Å². The van der Waals surface area contributed by atoms with Crippen molar-refractivity contribution in [3.05, 3.63) is 0 Å². The molecule has 0 aliphatic heterocycles. The number of carbonyl (C=O) groups excluding carboxylic acids is 1. The monoisotopic (exact) mass is 161 g/mol. The van der Waals surface area contributed by atoms with Crippen molar-refractivity contribution < 1.29 is 13.9 Å². The maximum Gasteiger partial charge on any atom is 0.326 e. The molecule has 3 nitrogen and oxygen atoms in total. The molecule has 0 spiro atoms. The van der Waals surface area contributed by atoms with Crippen LogP contribution in [0.25, 0.3) is 0 Å². The van der Waals surface area contributed by atoms with Gasteiger partial charge in [-0.25, -0.2) is 0 Å². The van der Waals surface area contributed by atoms with E-state index in [9.17, 15) is 9.18 Å². The van der Waals surface area contributed by atoms with Crippen LogP contribution in [0, 0.1) is 5.92 Å². The summed E-state index contributed by atoms with van der Waals surface area (Å²) in [4.78, 5) is 10.9. The molecule has 4 heteroatoms. The Morgan fingerprint density at radius 2 is 2.55 bits per heavy atom. The Labute approximate surface area is 64.7 Å². The van der Waals surface area contributed by atoms with Gasteiger partial charge in [0.1, 0.15) is 5.54 Å². The summed E-state index contributed by atoms with van der Waals surface area (Å²) in [5.74, 6) is -0.434. The molecular formula is C7H12FNO2. The predicted octanol–water partition coefficient (Wildman–Crippen LogP) is 0.236. The highest BCUT2D eigenvalue weighted by Gasteiger charge is 2.57. The minimum absolute atomic E-state index is 0.0139. The molecule has 2 N–H and O–H groups in total. The molecule has 0 unspecified atom stereocenters. The van der Waals surface area contributed by atoms with E-state index in [0.29, 0.717) is 12.8 Å². The Morgan fingerprint density at radius 3 is 3.00 bits per heavy atom. The SMILES string of the molecule is COC(=O)[C@@]1(N)C[C@H]1CCF. The number of ether oxygens (including phenoxy) is 1. The predicted molar refractivity (Wildman–Crippen MR) is 37.6 cm³/mol. The molecule has 1 fully saturated rings. The molecular weight excluding hydrogens is 149 g/mol. The van der Waals surface area contributed by atoms with E-state index in [1.54, 1.807) is 0 Å². The molecule has 0 saturated heterocycles. The van der Waals surface area contributed by atoms with E-state index < -0.39 is 18.2 Å². The molecule has 0 radical (unpaired) electrons. The molecule has 0 amide bonds. The maximum atomic E-state index is 11.8. The van der Waals surface area contributed by atoms with Gasteiger partial charge in [-0.15, -0.1) is 0 Å². The highest BCUT2D eigenvalue weighted by atomic mass is 19.1. The number of carbonyl (C=O) groups is 1. The van der Waals surface area contributed by atoms with E-state index >= 15 is 0 Å². The molecule has 1 aliphatic rings. The number of hydrogen-bond donors (Lipinski definition) is 1. The van der Waals surface area contributed by atoms with E-state index in [-0.39, 0.29) is 5.92 Å². The Hall–Kier alpha value is -0.640. The minimum Gasteiger partial charge on any atom is -0.468 e. The van der Waals surface area contributed by atoms with Gasteiger partial charge in [-0.3, -0.25) is 9.18 Å². The summed E-state index contributed by atoms with van der Waals surface area (Å²) >= 11 is 0. The van der Waals surface area contributed by atoms with Crippen LogP contribution in [0.15, 0.2) is 0 Å². The summed E-state index contributed by atoms with van der Waals surface area (Å²) in [6.45, 7) is -0.416. The van der Waals surface area contributed by atoms with Crippen LogP contribution < -0.4 is 5.73 Å². The van der Waals surface area contributed by atoms with Crippen molar-refractivity contribution >= 4 is 5.97 Å². The molecule has 0 aromatic rings. The van der Waals surface area contributed by atoms with Crippen molar-refractivity contribution in [3.63, 3.8) is 0 Å². The lowest BCUT2D eigenvalue weighted by molar-refractivity contribution is -0.143. The largest absolute Gasteiger partial charge is 0.468 e. The van der Waals surface area contributed by atoms with Crippen LogP contribution in [0.4, 0.5) is 4.39 Å². The normalized spacial score (nSPS) is 35.0. The van der Waals surface area contributed by atoms with Gasteiger partial charge in [-0.2, -0.15) is 0 Å². The van der Waals surface area contributed by atoms with Gasteiger partial charge >= 0.3 is 5.97 Å². The summed E-state index contributed by atoms with van der Waals surface area (Å²) in [6, 6.07) is 0. The van der Waals surface area contributed by atoms with E-state index in [4.69, 9.17) is 5.73 Å². The topological polar surface area (TPSA) is 52.3 Å². The average molecular weight is 161 g/mol. The number of nitrogens with two attached hydrogens (primary N) is 1. The van der Waals surface area contributed by atoms with Crippen LogP contribution in [0.5, 0.6) is 0 Å². The Kier molecular flexibility index (Phi) is 2.13. The van der Waals surface area contributed by atoms with E-state index in [1.807, 2.05) is 0 Å². The summed E-state index contributed by atoms with van der Waals surface area (Å²) in [6.07, 6.45) is 0.926. The molecule has 0 aromatic heterocycles. The Balaban J connectivity index is 2.42.